The lowest BCUT2D eigenvalue weighted by Gasteiger charge is -2.42. The summed E-state index contributed by atoms with van der Waals surface area (Å²) >= 11 is 0. The summed E-state index contributed by atoms with van der Waals surface area (Å²) in [6.45, 7) is 11.6. The van der Waals surface area contributed by atoms with Crippen LogP contribution in [0.3, 0.4) is 0 Å². The van der Waals surface area contributed by atoms with Gasteiger partial charge in [0.05, 0.1) is 5.41 Å². The Morgan fingerprint density at radius 1 is 0.974 bits per heavy atom. The van der Waals surface area contributed by atoms with E-state index in [1.54, 1.807) is 39.0 Å². The molecule has 5 heteroatoms. The SMILES string of the molecule is C=C/C(=C\C=C(/C)C(=O)CCCN1CCC(C(O)(c2ccccc2)c2ccccc2)CC1)CC(C)(C)C(=O)O. The first-order valence-electron chi connectivity index (χ1n) is 13.9. The quantitative estimate of drug-likeness (QED) is 0.227. The zero-order valence-corrected chi connectivity index (χ0v) is 23.6. The van der Waals surface area contributed by atoms with Crippen molar-refractivity contribution in [3.63, 3.8) is 0 Å². The molecule has 0 saturated carbocycles. The van der Waals surface area contributed by atoms with E-state index in [0.717, 1.165) is 55.6 Å². The van der Waals surface area contributed by atoms with Crippen LogP contribution in [0.4, 0.5) is 0 Å². The second-order valence-corrected chi connectivity index (χ2v) is 11.3. The summed E-state index contributed by atoms with van der Waals surface area (Å²) in [7, 11) is 0. The fraction of sp³-hybridized carbons (Fsp3) is 0.412. The molecule has 1 aliphatic heterocycles. The van der Waals surface area contributed by atoms with Gasteiger partial charge in [-0.25, -0.2) is 0 Å². The maximum atomic E-state index is 12.7. The van der Waals surface area contributed by atoms with Crippen LogP contribution in [0.15, 0.2) is 96.6 Å². The van der Waals surface area contributed by atoms with Gasteiger partial charge in [0.1, 0.15) is 5.60 Å². The second-order valence-electron chi connectivity index (χ2n) is 11.3. The number of aliphatic hydroxyl groups is 1. The molecule has 1 aliphatic rings. The van der Waals surface area contributed by atoms with Crippen LogP contribution >= 0.6 is 0 Å². The molecule has 1 fully saturated rings. The van der Waals surface area contributed by atoms with Crippen LogP contribution in [0.1, 0.15) is 64.0 Å². The third-order valence-corrected chi connectivity index (χ3v) is 7.96. The van der Waals surface area contributed by atoms with Gasteiger partial charge in [-0.3, -0.25) is 9.59 Å². The first-order chi connectivity index (χ1) is 18.6. The highest BCUT2D eigenvalue weighted by molar-refractivity contribution is 5.95. The number of carboxylic acids is 1. The molecular formula is C34H43NO4. The van der Waals surface area contributed by atoms with E-state index in [9.17, 15) is 19.8 Å². The minimum Gasteiger partial charge on any atom is -0.481 e. The third kappa shape index (κ3) is 7.87. The zero-order valence-electron chi connectivity index (χ0n) is 23.6. The highest BCUT2D eigenvalue weighted by Gasteiger charge is 2.41. The summed E-state index contributed by atoms with van der Waals surface area (Å²) in [5.41, 5.74) is 1.41. The number of carboxylic acid groups (broad SMARTS) is 1. The number of benzene rings is 2. The summed E-state index contributed by atoms with van der Waals surface area (Å²) in [5.74, 6) is -0.646. The monoisotopic (exact) mass is 529 g/mol. The first kappa shape index (κ1) is 30.3. The Morgan fingerprint density at radius 3 is 2.00 bits per heavy atom. The van der Waals surface area contributed by atoms with Crippen molar-refractivity contribution in [3.8, 4) is 0 Å². The Bertz CT molecular complexity index is 1130. The second kappa shape index (κ2) is 13.7. The normalized spacial score (nSPS) is 16.2. The van der Waals surface area contributed by atoms with Crippen molar-refractivity contribution in [3.05, 3.63) is 108 Å². The van der Waals surface area contributed by atoms with Crippen LogP contribution in [0.25, 0.3) is 0 Å². The standard InChI is InChI=1S/C34H43NO4/c1-5-27(25-33(3,4)32(37)38)19-18-26(2)31(36)17-12-22-35-23-20-30(21-24-35)34(39,28-13-8-6-9-14-28)29-15-10-7-11-16-29/h5-11,13-16,18-19,30,39H,1,12,17,20-25H2,2-4H3,(H,37,38)/b26-18+,27-19+. The van der Waals surface area contributed by atoms with E-state index >= 15 is 0 Å². The number of carbonyl (C=O) groups excluding carboxylic acids is 1. The lowest BCUT2D eigenvalue weighted by molar-refractivity contribution is -0.146. The fourth-order valence-electron chi connectivity index (χ4n) is 5.37. The smallest absolute Gasteiger partial charge is 0.309 e. The molecule has 0 radical (unpaired) electrons. The average molecular weight is 530 g/mol. The molecule has 1 heterocycles. The molecule has 0 amide bonds. The van der Waals surface area contributed by atoms with Crippen molar-refractivity contribution < 1.29 is 19.8 Å². The number of hydrogen-bond donors (Lipinski definition) is 2. The minimum absolute atomic E-state index is 0.101. The van der Waals surface area contributed by atoms with Gasteiger partial charge in [-0.2, -0.15) is 0 Å². The van der Waals surface area contributed by atoms with Gasteiger partial charge < -0.3 is 15.1 Å². The van der Waals surface area contributed by atoms with Gasteiger partial charge in [0.2, 0.25) is 0 Å². The molecule has 39 heavy (non-hydrogen) atoms. The predicted octanol–water partition coefficient (Wildman–Crippen LogP) is 6.54. The van der Waals surface area contributed by atoms with Crippen LogP contribution < -0.4 is 0 Å². The number of rotatable bonds is 13. The minimum atomic E-state index is -1.02. The number of Topliss-reactive ketones (excluding diaryl/α,β-unsaturated/α-hetero) is 1. The van der Waals surface area contributed by atoms with Gasteiger partial charge in [0.25, 0.3) is 0 Å². The molecule has 2 aromatic rings. The van der Waals surface area contributed by atoms with Crippen molar-refractivity contribution >= 4 is 11.8 Å². The number of likely N-dealkylation sites (tertiary alicyclic amines) is 1. The number of ketones is 1. The molecule has 5 nitrogen and oxygen atoms in total. The van der Waals surface area contributed by atoms with E-state index in [1.807, 2.05) is 60.7 Å². The van der Waals surface area contributed by atoms with Gasteiger partial charge >= 0.3 is 5.97 Å². The number of allylic oxidation sites excluding steroid dienone is 5. The van der Waals surface area contributed by atoms with Gasteiger partial charge in [-0.15, -0.1) is 0 Å². The van der Waals surface area contributed by atoms with Crippen molar-refractivity contribution in [1.29, 1.82) is 0 Å². The molecule has 208 valence electrons. The molecule has 0 aromatic heterocycles. The van der Waals surface area contributed by atoms with Gasteiger partial charge in [0, 0.05) is 6.42 Å². The fourth-order valence-corrected chi connectivity index (χ4v) is 5.37. The maximum Gasteiger partial charge on any atom is 0.309 e. The number of hydrogen-bond acceptors (Lipinski definition) is 4. The summed E-state index contributed by atoms with van der Waals surface area (Å²) in [5, 5.41) is 21.4. The van der Waals surface area contributed by atoms with E-state index < -0.39 is 17.0 Å². The largest absolute Gasteiger partial charge is 0.481 e. The van der Waals surface area contributed by atoms with Crippen LogP contribution in [0.2, 0.25) is 0 Å². The van der Waals surface area contributed by atoms with Gasteiger partial charge in [-0.1, -0.05) is 85.5 Å². The molecule has 3 rings (SSSR count). The van der Waals surface area contributed by atoms with Crippen molar-refractivity contribution in [2.45, 2.75) is 58.5 Å². The highest BCUT2D eigenvalue weighted by atomic mass is 16.4. The topological polar surface area (TPSA) is 77.8 Å². The average Bonchev–Trinajstić information content (AvgIpc) is 2.95. The molecule has 2 aromatic carbocycles. The number of nitrogens with zero attached hydrogens (tertiary/aromatic N) is 1. The van der Waals surface area contributed by atoms with E-state index in [4.69, 9.17) is 0 Å². The summed E-state index contributed by atoms with van der Waals surface area (Å²) in [6.07, 6.45) is 8.60. The number of aliphatic carboxylic acids is 1. The molecule has 0 spiro atoms. The Hall–Kier alpha value is -3.28. The van der Waals surface area contributed by atoms with E-state index in [2.05, 4.69) is 11.5 Å². The van der Waals surface area contributed by atoms with Crippen LogP contribution in [-0.2, 0) is 15.2 Å². The molecule has 1 saturated heterocycles. The Balaban J connectivity index is 1.53. The van der Waals surface area contributed by atoms with E-state index in [0.29, 0.717) is 18.4 Å². The third-order valence-electron chi connectivity index (χ3n) is 7.96. The number of piperidine rings is 1. The molecule has 2 N–H and O–H groups in total. The van der Waals surface area contributed by atoms with Crippen molar-refractivity contribution in [2.75, 3.05) is 19.6 Å². The highest BCUT2D eigenvalue weighted by Crippen LogP contribution is 2.41. The van der Waals surface area contributed by atoms with Gasteiger partial charge in [0.15, 0.2) is 5.78 Å². The van der Waals surface area contributed by atoms with Gasteiger partial charge in [-0.05, 0) is 94.3 Å². The van der Waals surface area contributed by atoms with Crippen LogP contribution in [0, 0.1) is 11.3 Å². The lowest BCUT2D eigenvalue weighted by atomic mass is 9.72. The van der Waals surface area contributed by atoms with E-state index in [1.165, 1.54) is 0 Å². The Morgan fingerprint density at radius 2 is 1.51 bits per heavy atom. The molecule has 0 aliphatic carbocycles. The molecule has 0 atom stereocenters. The Labute approximate surface area is 233 Å². The van der Waals surface area contributed by atoms with Crippen molar-refractivity contribution in [2.24, 2.45) is 11.3 Å². The zero-order chi connectivity index (χ0) is 28.5. The summed E-state index contributed by atoms with van der Waals surface area (Å²) < 4.78 is 0. The first-order valence-corrected chi connectivity index (χ1v) is 13.9. The summed E-state index contributed by atoms with van der Waals surface area (Å²) in [4.78, 5) is 26.5. The predicted molar refractivity (Wildman–Crippen MR) is 157 cm³/mol. The molecular weight excluding hydrogens is 486 g/mol. The van der Waals surface area contributed by atoms with E-state index in [-0.39, 0.29) is 11.7 Å². The Kier molecular flexibility index (Phi) is 10.6. The van der Waals surface area contributed by atoms with Crippen molar-refractivity contribution in [1.82, 2.24) is 4.90 Å². The molecule has 0 unspecified atom stereocenters. The summed E-state index contributed by atoms with van der Waals surface area (Å²) in [6, 6.07) is 19.9. The lowest BCUT2D eigenvalue weighted by Crippen LogP contribution is -2.44. The van der Waals surface area contributed by atoms with Crippen LogP contribution in [0.5, 0.6) is 0 Å². The number of carbonyl (C=O) groups is 2. The molecule has 0 bridgehead atoms. The van der Waals surface area contributed by atoms with Crippen LogP contribution in [-0.4, -0.2) is 46.5 Å². The maximum absolute atomic E-state index is 12.7.